The van der Waals surface area contributed by atoms with E-state index in [1.54, 1.807) is 11.0 Å². The molecule has 2 rings (SSSR count). The van der Waals surface area contributed by atoms with Crippen LogP contribution in [0.1, 0.15) is 23.2 Å². The molecule has 1 fully saturated rings. The SMILES string of the molecule is COc1cccc(F)c1C(=O)N1CCC(CN)CC1. The minimum atomic E-state index is -0.537. The van der Waals surface area contributed by atoms with Gasteiger partial charge in [-0.3, -0.25) is 4.79 Å². The summed E-state index contributed by atoms with van der Waals surface area (Å²) in [5.41, 5.74) is 5.65. The highest BCUT2D eigenvalue weighted by Crippen LogP contribution is 2.25. The molecule has 2 N–H and O–H groups in total. The highest BCUT2D eigenvalue weighted by atomic mass is 19.1. The molecule has 1 aliphatic rings. The lowest BCUT2D eigenvalue weighted by atomic mass is 9.96. The summed E-state index contributed by atoms with van der Waals surface area (Å²) in [6.45, 7) is 1.89. The van der Waals surface area contributed by atoms with E-state index in [2.05, 4.69) is 0 Å². The Hall–Kier alpha value is -1.62. The van der Waals surface area contributed by atoms with Gasteiger partial charge >= 0.3 is 0 Å². The summed E-state index contributed by atoms with van der Waals surface area (Å²) in [4.78, 5) is 14.0. The van der Waals surface area contributed by atoms with E-state index in [4.69, 9.17) is 10.5 Å². The Labute approximate surface area is 112 Å². The minimum absolute atomic E-state index is 0.0243. The van der Waals surface area contributed by atoms with Crippen molar-refractivity contribution in [3.05, 3.63) is 29.6 Å². The molecule has 0 unspecified atom stereocenters. The van der Waals surface area contributed by atoms with Crippen LogP contribution in [0.25, 0.3) is 0 Å². The van der Waals surface area contributed by atoms with E-state index in [-0.39, 0.29) is 17.2 Å². The number of likely N-dealkylation sites (tertiary alicyclic amines) is 1. The second-order valence-corrected chi connectivity index (χ2v) is 4.79. The van der Waals surface area contributed by atoms with Crippen molar-refractivity contribution in [1.29, 1.82) is 0 Å². The number of hydrogen-bond acceptors (Lipinski definition) is 3. The molecule has 4 nitrogen and oxygen atoms in total. The van der Waals surface area contributed by atoms with E-state index in [0.29, 0.717) is 25.6 Å². The molecule has 0 bridgehead atoms. The smallest absolute Gasteiger partial charge is 0.260 e. The number of amides is 1. The van der Waals surface area contributed by atoms with Crippen LogP contribution in [0, 0.1) is 11.7 Å². The van der Waals surface area contributed by atoms with Crippen molar-refractivity contribution in [3.63, 3.8) is 0 Å². The topological polar surface area (TPSA) is 55.6 Å². The molecule has 0 radical (unpaired) electrons. The zero-order valence-corrected chi connectivity index (χ0v) is 11.1. The highest BCUT2D eigenvalue weighted by Gasteiger charge is 2.26. The van der Waals surface area contributed by atoms with Crippen molar-refractivity contribution in [1.82, 2.24) is 4.90 Å². The van der Waals surface area contributed by atoms with Crippen molar-refractivity contribution >= 4 is 5.91 Å². The molecule has 104 valence electrons. The van der Waals surface area contributed by atoms with Gasteiger partial charge in [-0.1, -0.05) is 6.07 Å². The van der Waals surface area contributed by atoms with Crippen LogP contribution in [0.15, 0.2) is 18.2 Å². The summed E-state index contributed by atoms with van der Waals surface area (Å²) < 4.78 is 18.9. The van der Waals surface area contributed by atoms with E-state index >= 15 is 0 Å². The van der Waals surface area contributed by atoms with Crippen LogP contribution in [-0.4, -0.2) is 37.6 Å². The zero-order chi connectivity index (χ0) is 13.8. The lowest BCUT2D eigenvalue weighted by molar-refractivity contribution is 0.0685. The van der Waals surface area contributed by atoms with Crippen molar-refractivity contribution in [2.24, 2.45) is 11.7 Å². The van der Waals surface area contributed by atoms with Crippen LogP contribution in [0.5, 0.6) is 5.75 Å². The van der Waals surface area contributed by atoms with Gasteiger partial charge in [0.15, 0.2) is 0 Å². The van der Waals surface area contributed by atoms with Crippen molar-refractivity contribution in [3.8, 4) is 5.75 Å². The third kappa shape index (κ3) is 2.87. The molecule has 0 spiro atoms. The molecule has 0 saturated carbocycles. The zero-order valence-electron chi connectivity index (χ0n) is 11.1. The van der Waals surface area contributed by atoms with Crippen LogP contribution in [0.4, 0.5) is 4.39 Å². The molecule has 1 aromatic rings. The number of methoxy groups -OCH3 is 1. The molecule has 1 aliphatic heterocycles. The first-order valence-electron chi connectivity index (χ1n) is 6.49. The van der Waals surface area contributed by atoms with Gasteiger partial charge in [-0.15, -0.1) is 0 Å². The molecule has 0 atom stereocenters. The van der Waals surface area contributed by atoms with E-state index in [0.717, 1.165) is 12.8 Å². The predicted molar refractivity (Wildman–Crippen MR) is 70.6 cm³/mol. The first-order chi connectivity index (χ1) is 9.17. The fourth-order valence-corrected chi connectivity index (χ4v) is 2.41. The van der Waals surface area contributed by atoms with Crippen molar-refractivity contribution in [2.75, 3.05) is 26.7 Å². The van der Waals surface area contributed by atoms with Gasteiger partial charge < -0.3 is 15.4 Å². The average Bonchev–Trinajstić information content (AvgIpc) is 2.46. The number of piperidine rings is 1. The molecular weight excluding hydrogens is 247 g/mol. The summed E-state index contributed by atoms with van der Waals surface area (Å²) in [6.07, 6.45) is 1.75. The third-order valence-electron chi connectivity index (χ3n) is 3.64. The largest absolute Gasteiger partial charge is 0.496 e. The Morgan fingerprint density at radius 2 is 2.16 bits per heavy atom. The number of carbonyl (C=O) groups is 1. The number of benzene rings is 1. The third-order valence-corrected chi connectivity index (χ3v) is 3.64. The van der Waals surface area contributed by atoms with Crippen molar-refractivity contribution in [2.45, 2.75) is 12.8 Å². The Kier molecular flexibility index (Phi) is 4.37. The predicted octanol–water partition coefficient (Wildman–Crippen LogP) is 1.65. The fourth-order valence-electron chi connectivity index (χ4n) is 2.41. The Morgan fingerprint density at radius 1 is 1.47 bits per heavy atom. The fraction of sp³-hybridized carbons (Fsp3) is 0.500. The van der Waals surface area contributed by atoms with Gasteiger partial charge in [-0.25, -0.2) is 4.39 Å². The average molecular weight is 266 g/mol. The number of halogens is 1. The standard InChI is InChI=1S/C14H19FN2O2/c1-19-12-4-2-3-11(15)13(12)14(18)17-7-5-10(9-16)6-8-17/h2-4,10H,5-9,16H2,1H3. The molecule has 0 aromatic heterocycles. The van der Waals surface area contributed by atoms with E-state index in [9.17, 15) is 9.18 Å². The van der Waals surface area contributed by atoms with Crippen LogP contribution in [-0.2, 0) is 0 Å². The lowest BCUT2D eigenvalue weighted by Crippen LogP contribution is -2.40. The van der Waals surface area contributed by atoms with E-state index in [1.807, 2.05) is 0 Å². The van der Waals surface area contributed by atoms with Gasteiger partial charge in [-0.2, -0.15) is 0 Å². The number of rotatable bonds is 3. The second kappa shape index (κ2) is 6.02. The molecule has 0 aliphatic carbocycles. The molecule has 1 aromatic carbocycles. The van der Waals surface area contributed by atoms with Crippen molar-refractivity contribution < 1.29 is 13.9 Å². The number of carbonyl (C=O) groups excluding carboxylic acids is 1. The van der Waals surface area contributed by atoms with Crippen LogP contribution in [0.3, 0.4) is 0 Å². The normalized spacial score (nSPS) is 16.5. The molecule has 1 amide bonds. The Bertz CT molecular complexity index is 457. The highest BCUT2D eigenvalue weighted by molar-refractivity contribution is 5.97. The minimum Gasteiger partial charge on any atom is -0.496 e. The summed E-state index contributed by atoms with van der Waals surface area (Å²) >= 11 is 0. The van der Waals surface area contributed by atoms with Gasteiger partial charge in [0.05, 0.1) is 7.11 Å². The Balaban J connectivity index is 2.16. The summed E-state index contributed by atoms with van der Waals surface area (Å²) in [6, 6.07) is 4.41. The first-order valence-corrected chi connectivity index (χ1v) is 6.49. The van der Waals surface area contributed by atoms with Gasteiger partial charge in [-0.05, 0) is 37.4 Å². The first kappa shape index (κ1) is 13.8. The number of hydrogen-bond donors (Lipinski definition) is 1. The maximum absolute atomic E-state index is 13.8. The maximum atomic E-state index is 13.8. The van der Waals surface area contributed by atoms with Gasteiger partial charge in [0.25, 0.3) is 5.91 Å². The molecule has 1 heterocycles. The maximum Gasteiger partial charge on any atom is 0.260 e. The van der Waals surface area contributed by atoms with Gasteiger partial charge in [0, 0.05) is 13.1 Å². The van der Waals surface area contributed by atoms with Crippen LogP contribution in [0.2, 0.25) is 0 Å². The van der Waals surface area contributed by atoms with Gasteiger partial charge in [0.1, 0.15) is 17.1 Å². The summed E-state index contributed by atoms with van der Waals surface area (Å²) in [5, 5.41) is 0. The lowest BCUT2D eigenvalue weighted by Gasteiger charge is -2.31. The quantitative estimate of drug-likeness (QED) is 0.905. The number of ether oxygens (including phenoxy) is 1. The van der Waals surface area contributed by atoms with Crippen LogP contribution < -0.4 is 10.5 Å². The molecule has 19 heavy (non-hydrogen) atoms. The molecule has 5 heteroatoms. The summed E-state index contributed by atoms with van der Waals surface area (Å²) in [5.74, 6) is -0.0896. The number of nitrogens with two attached hydrogens (primary N) is 1. The van der Waals surface area contributed by atoms with Gasteiger partial charge in [0.2, 0.25) is 0 Å². The molecular formula is C14H19FN2O2. The number of nitrogens with zero attached hydrogens (tertiary/aromatic N) is 1. The van der Waals surface area contributed by atoms with E-state index in [1.165, 1.54) is 19.2 Å². The van der Waals surface area contributed by atoms with E-state index < -0.39 is 5.82 Å². The second-order valence-electron chi connectivity index (χ2n) is 4.79. The summed E-state index contributed by atoms with van der Waals surface area (Å²) in [7, 11) is 1.44. The van der Waals surface area contributed by atoms with Crippen LogP contribution >= 0.6 is 0 Å². The Morgan fingerprint density at radius 3 is 2.74 bits per heavy atom. The molecule has 1 saturated heterocycles. The monoisotopic (exact) mass is 266 g/mol.